The van der Waals surface area contributed by atoms with E-state index < -0.39 is 7.26 Å². The molecule has 1 aliphatic rings. The number of amides is 1. The third-order valence-corrected chi connectivity index (χ3v) is 10.2. The Morgan fingerprint density at radius 3 is 1.64 bits per heavy atom. The molecule has 0 saturated carbocycles. The second kappa shape index (κ2) is 7.97. The molecular formula is C24H22N2OP+. The van der Waals surface area contributed by atoms with E-state index in [0.717, 1.165) is 6.42 Å². The van der Waals surface area contributed by atoms with Crippen LogP contribution < -0.4 is 15.9 Å². The third kappa shape index (κ3) is 3.01. The number of likely N-dealkylation sites (tertiary alicyclic amines) is 1. The molecule has 3 nitrogen and oxygen atoms in total. The second-order valence-electron chi connectivity index (χ2n) is 6.95. The Labute approximate surface area is 166 Å². The first-order chi connectivity index (χ1) is 13.8. The van der Waals surface area contributed by atoms with Crippen LogP contribution in [0.3, 0.4) is 0 Å². The number of hydrogen-bond donors (Lipinski definition) is 0. The number of rotatable bonds is 5. The third-order valence-electron chi connectivity index (χ3n) is 5.49. The molecule has 3 aromatic carbocycles. The van der Waals surface area contributed by atoms with E-state index >= 15 is 0 Å². The van der Waals surface area contributed by atoms with Crippen molar-refractivity contribution in [3.8, 4) is 6.07 Å². The molecule has 0 bridgehead atoms. The smallest absolute Gasteiger partial charge is 0.265 e. The Kier molecular flexibility index (Phi) is 5.24. The van der Waals surface area contributed by atoms with Gasteiger partial charge < -0.3 is 4.90 Å². The predicted octanol–water partition coefficient (Wildman–Crippen LogP) is 3.10. The van der Waals surface area contributed by atoms with Crippen molar-refractivity contribution in [1.29, 1.82) is 5.26 Å². The highest BCUT2D eigenvalue weighted by molar-refractivity contribution is 7.96. The van der Waals surface area contributed by atoms with Crippen LogP contribution in [0.5, 0.6) is 0 Å². The summed E-state index contributed by atoms with van der Waals surface area (Å²) in [4.78, 5) is 15.2. The van der Waals surface area contributed by atoms with Crippen molar-refractivity contribution < 1.29 is 4.79 Å². The SMILES string of the molecule is N#CCN1CCC([P+](c2ccccc2)(c2ccccc2)c2ccccc2)C1=O. The van der Waals surface area contributed by atoms with E-state index in [1.165, 1.54) is 15.9 Å². The standard InChI is InChI=1S/C24H22N2OP/c25-17-19-26-18-16-23(24(26)27)28(20-10-4-1-5-11-20,21-12-6-2-7-13-21)22-14-8-3-9-15-22/h1-15,23H,16,18-19H2/q+1. The lowest BCUT2D eigenvalue weighted by Crippen LogP contribution is -2.42. The molecular weight excluding hydrogens is 363 g/mol. The molecule has 1 amide bonds. The second-order valence-corrected chi connectivity index (χ2v) is 10.6. The molecule has 4 heteroatoms. The summed E-state index contributed by atoms with van der Waals surface area (Å²) in [6, 6.07) is 33.5. The van der Waals surface area contributed by atoms with Gasteiger partial charge in [0.2, 0.25) is 0 Å². The lowest BCUT2D eigenvalue weighted by atomic mass is 10.3. The molecule has 1 fully saturated rings. The number of nitrogens with zero attached hydrogens (tertiary/aromatic N) is 2. The van der Waals surface area contributed by atoms with E-state index in [-0.39, 0.29) is 18.1 Å². The number of hydrogen-bond acceptors (Lipinski definition) is 2. The van der Waals surface area contributed by atoms with Gasteiger partial charge in [-0.15, -0.1) is 0 Å². The zero-order valence-corrected chi connectivity index (χ0v) is 16.5. The van der Waals surface area contributed by atoms with Gasteiger partial charge in [0.25, 0.3) is 5.91 Å². The van der Waals surface area contributed by atoms with Gasteiger partial charge >= 0.3 is 0 Å². The van der Waals surface area contributed by atoms with Crippen LogP contribution in [0.25, 0.3) is 0 Å². The minimum absolute atomic E-state index is 0.103. The Morgan fingerprint density at radius 2 is 1.25 bits per heavy atom. The van der Waals surface area contributed by atoms with E-state index in [1.807, 2.05) is 18.2 Å². The summed E-state index contributed by atoms with van der Waals surface area (Å²) in [5.41, 5.74) is -0.145. The predicted molar refractivity (Wildman–Crippen MR) is 116 cm³/mol. The van der Waals surface area contributed by atoms with Crippen LogP contribution >= 0.6 is 7.26 Å². The first-order valence-corrected chi connectivity index (χ1v) is 11.4. The van der Waals surface area contributed by atoms with Gasteiger partial charge in [0.05, 0.1) is 6.07 Å². The molecule has 1 unspecified atom stereocenters. The summed E-state index contributed by atoms with van der Waals surface area (Å²) in [6.45, 7) is 0.805. The largest absolute Gasteiger partial charge is 0.326 e. The molecule has 0 aliphatic carbocycles. The van der Waals surface area contributed by atoms with Crippen molar-refractivity contribution in [1.82, 2.24) is 4.90 Å². The monoisotopic (exact) mass is 385 g/mol. The van der Waals surface area contributed by atoms with Crippen LogP contribution in [0.2, 0.25) is 0 Å². The molecule has 28 heavy (non-hydrogen) atoms. The molecule has 0 radical (unpaired) electrons. The lowest BCUT2D eigenvalue weighted by Gasteiger charge is -2.31. The molecule has 1 atom stereocenters. The average Bonchev–Trinajstić information content (AvgIpc) is 3.12. The Hall–Kier alpha value is -2.95. The number of carbonyl (C=O) groups is 1. The van der Waals surface area contributed by atoms with Crippen LogP contribution in [0, 0.1) is 11.3 Å². The molecule has 1 heterocycles. The van der Waals surface area contributed by atoms with Gasteiger partial charge in [-0.2, -0.15) is 5.26 Å². The maximum atomic E-state index is 13.5. The highest BCUT2D eigenvalue weighted by Gasteiger charge is 2.58. The number of nitriles is 1. The topological polar surface area (TPSA) is 44.1 Å². The van der Waals surface area contributed by atoms with Crippen LogP contribution in [0.15, 0.2) is 91.0 Å². The Morgan fingerprint density at radius 1 is 0.821 bits per heavy atom. The average molecular weight is 385 g/mol. The minimum Gasteiger partial charge on any atom is -0.326 e. The maximum absolute atomic E-state index is 13.5. The van der Waals surface area contributed by atoms with E-state index in [0.29, 0.717) is 6.54 Å². The molecule has 1 aliphatic heterocycles. The molecule has 138 valence electrons. The van der Waals surface area contributed by atoms with Crippen molar-refractivity contribution in [3.05, 3.63) is 91.0 Å². The van der Waals surface area contributed by atoms with Crippen molar-refractivity contribution in [2.75, 3.05) is 13.1 Å². The molecule has 0 spiro atoms. The van der Waals surface area contributed by atoms with Crippen LogP contribution in [-0.4, -0.2) is 29.6 Å². The van der Waals surface area contributed by atoms with Crippen molar-refractivity contribution in [2.45, 2.75) is 12.1 Å². The summed E-state index contributed by atoms with van der Waals surface area (Å²) in [5, 5.41) is 12.8. The van der Waals surface area contributed by atoms with Gasteiger partial charge in [0.1, 0.15) is 29.7 Å². The summed E-state index contributed by atoms with van der Waals surface area (Å²) in [7, 11) is -2.22. The van der Waals surface area contributed by atoms with Crippen molar-refractivity contribution in [3.63, 3.8) is 0 Å². The van der Waals surface area contributed by atoms with Crippen LogP contribution in [0.4, 0.5) is 0 Å². The van der Waals surface area contributed by atoms with Gasteiger partial charge in [-0.25, -0.2) is 0 Å². The number of carbonyl (C=O) groups excluding carboxylic acids is 1. The minimum atomic E-state index is -2.22. The van der Waals surface area contributed by atoms with Gasteiger partial charge in [-0.1, -0.05) is 54.6 Å². The Balaban J connectivity index is 2.00. The fourth-order valence-corrected chi connectivity index (χ4v) is 9.20. The Bertz CT molecular complexity index is 887. The van der Waals surface area contributed by atoms with Gasteiger partial charge in [0, 0.05) is 13.0 Å². The summed E-state index contributed by atoms with van der Waals surface area (Å²) in [5.74, 6) is 0.103. The van der Waals surface area contributed by atoms with Crippen LogP contribution in [-0.2, 0) is 4.79 Å². The van der Waals surface area contributed by atoms with Gasteiger partial charge in [-0.05, 0) is 36.4 Å². The summed E-state index contributed by atoms with van der Waals surface area (Å²) >= 11 is 0. The molecule has 4 rings (SSSR count). The normalized spacial score (nSPS) is 16.8. The first-order valence-electron chi connectivity index (χ1n) is 9.50. The van der Waals surface area contributed by atoms with Crippen molar-refractivity contribution in [2.24, 2.45) is 0 Å². The zero-order chi connectivity index (χ0) is 19.4. The maximum Gasteiger partial charge on any atom is 0.265 e. The highest BCUT2D eigenvalue weighted by atomic mass is 31.2. The van der Waals surface area contributed by atoms with Crippen molar-refractivity contribution >= 4 is 29.1 Å². The molecule has 0 aromatic heterocycles. The quantitative estimate of drug-likeness (QED) is 0.500. The van der Waals surface area contributed by atoms with E-state index in [9.17, 15) is 4.79 Å². The molecule has 3 aromatic rings. The summed E-state index contributed by atoms with van der Waals surface area (Å²) in [6.07, 6.45) is 0.771. The zero-order valence-electron chi connectivity index (χ0n) is 15.6. The van der Waals surface area contributed by atoms with Gasteiger partial charge in [0.15, 0.2) is 5.66 Å². The summed E-state index contributed by atoms with van der Waals surface area (Å²) < 4.78 is 0. The van der Waals surface area contributed by atoms with E-state index in [4.69, 9.17) is 5.26 Å². The van der Waals surface area contributed by atoms with E-state index in [1.54, 1.807) is 4.90 Å². The number of benzene rings is 3. The first kappa shape index (κ1) is 18.4. The lowest BCUT2D eigenvalue weighted by molar-refractivity contribution is -0.126. The molecule has 1 saturated heterocycles. The molecule has 0 N–H and O–H groups in total. The highest BCUT2D eigenvalue weighted by Crippen LogP contribution is 2.62. The van der Waals surface area contributed by atoms with Gasteiger partial charge in [-0.3, -0.25) is 4.79 Å². The van der Waals surface area contributed by atoms with E-state index in [2.05, 4.69) is 78.9 Å². The van der Waals surface area contributed by atoms with Crippen LogP contribution in [0.1, 0.15) is 6.42 Å². The fraction of sp³-hybridized carbons (Fsp3) is 0.167. The fourth-order valence-electron chi connectivity index (χ4n) is 4.30.